The van der Waals surface area contributed by atoms with Crippen LogP contribution >= 0.6 is 11.3 Å². The molecule has 2 saturated heterocycles. The molecule has 7 heteroatoms. The molecule has 2 aliphatic heterocycles. The lowest BCUT2D eigenvalue weighted by atomic mass is 9.89. The van der Waals surface area contributed by atoms with Crippen molar-refractivity contribution in [3.8, 4) is 10.6 Å². The molecule has 4 heterocycles. The van der Waals surface area contributed by atoms with Gasteiger partial charge in [0.2, 0.25) is 0 Å². The predicted molar refractivity (Wildman–Crippen MR) is 107 cm³/mol. The van der Waals surface area contributed by atoms with Crippen molar-refractivity contribution in [2.45, 2.75) is 6.04 Å². The average Bonchev–Trinajstić information content (AvgIpc) is 3.44. The highest BCUT2D eigenvalue weighted by Crippen LogP contribution is 2.44. The van der Waals surface area contributed by atoms with Crippen molar-refractivity contribution in [2.75, 3.05) is 26.7 Å². The first kappa shape index (κ1) is 17.6. The van der Waals surface area contributed by atoms with Gasteiger partial charge in [0.1, 0.15) is 5.82 Å². The fourth-order valence-corrected chi connectivity index (χ4v) is 5.58. The van der Waals surface area contributed by atoms with Crippen LogP contribution < -0.4 is 0 Å². The maximum atomic E-state index is 13.8. The lowest BCUT2D eigenvalue weighted by Gasteiger charge is -2.27. The lowest BCUT2D eigenvalue weighted by molar-refractivity contribution is 0.0768. The van der Waals surface area contributed by atoms with Gasteiger partial charge in [-0.15, -0.1) is 11.3 Å². The molecule has 2 fully saturated rings. The van der Waals surface area contributed by atoms with Crippen LogP contribution in [0.4, 0.5) is 4.39 Å². The van der Waals surface area contributed by atoms with Crippen LogP contribution in [0.2, 0.25) is 0 Å². The molecular formula is C21H21FN4OS. The molecule has 3 aromatic rings. The summed E-state index contributed by atoms with van der Waals surface area (Å²) in [4.78, 5) is 18.5. The minimum Gasteiger partial charge on any atom is -0.338 e. The van der Waals surface area contributed by atoms with Crippen LogP contribution in [-0.2, 0) is 0 Å². The predicted octanol–water partition coefficient (Wildman–Crippen LogP) is 3.65. The van der Waals surface area contributed by atoms with E-state index in [0.29, 0.717) is 23.9 Å². The molecule has 0 radical (unpaired) electrons. The Morgan fingerprint density at radius 3 is 2.93 bits per heavy atom. The molecular weight excluding hydrogens is 375 g/mol. The summed E-state index contributed by atoms with van der Waals surface area (Å²) in [5.41, 5.74) is 2.40. The standard InChI is InChI=1S/C21H21FN4OS/c1-25-10-14-11-26(12-17(14)20(25)13-4-2-5-15(22)8-13)21(27)16-9-23-24-19(16)18-6-3-7-28-18/h2-9,14,17,20H,10-12H2,1H3,(H,23,24)/t14-,17+,20-/m0/s1. The van der Waals surface area contributed by atoms with E-state index in [1.807, 2.05) is 28.5 Å². The van der Waals surface area contributed by atoms with Gasteiger partial charge in [0.05, 0.1) is 22.3 Å². The highest BCUT2D eigenvalue weighted by atomic mass is 32.1. The zero-order valence-electron chi connectivity index (χ0n) is 15.5. The number of hydrogen-bond acceptors (Lipinski definition) is 4. The quantitative estimate of drug-likeness (QED) is 0.735. The zero-order chi connectivity index (χ0) is 19.3. The number of thiophene rings is 1. The molecule has 1 amide bonds. The number of rotatable bonds is 3. The van der Waals surface area contributed by atoms with Crippen LogP contribution in [0.5, 0.6) is 0 Å². The molecule has 28 heavy (non-hydrogen) atoms. The van der Waals surface area contributed by atoms with Gasteiger partial charge in [0.15, 0.2) is 0 Å². The summed E-state index contributed by atoms with van der Waals surface area (Å²) in [5, 5.41) is 9.08. The molecule has 5 nitrogen and oxygen atoms in total. The number of carbonyl (C=O) groups is 1. The number of hydrogen-bond donors (Lipinski definition) is 1. The Morgan fingerprint density at radius 1 is 1.25 bits per heavy atom. The van der Waals surface area contributed by atoms with Crippen LogP contribution in [0.25, 0.3) is 10.6 Å². The Kier molecular flexibility index (Phi) is 4.29. The third-order valence-corrected chi connectivity index (χ3v) is 6.90. The first-order valence-electron chi connectivity index (χ1n) is 9.44. The van der Waals surface area contributed by atoms with Crippen LogP contribution in [0.15, 0.2) is 48.0 Å². The molecule has 0 saturated carbocycles. The normalized spacial score (nSPS) is 24.6. The highest BCUT2D eigenvalue weighted by Gasteiger charge is 2.47. The van der Waals surface area contributed by atoms with E-state index in [2.05, 4.69) is 22.1 Å². The number of nitrogens with one attached hydrogen (secondary N) is 1. The topological polar surface area (TPSA) is 52.2 Å². The van der Waals surface area contributed by atoms with Gasteiger partial charge >= 0.3 is 0 Å². The summed E-state index contributed by atoms with van der Waals surface area (Å²) in [6.45, 7) is 2.33. The number of carbonyl (C=O) groups excluding carboxylic acids is 1. The minimum atomic E-state index is -0.209. The number of aromatic nitrogens is 2. The van der Waals surface area contributed by atoms with E-state index in [1.54, 1.807) is 29.7 Å². The molecule has 3 atom stereocenters. The van der Waals surface area contributed by atoms with E-state index in [9.17, 15) is 9.18 Å². The van der Waals surface area contributed by atoms with Crippen LogP contribution in [-0.4, -0.2) is 52.6 Å². The molecule has 2 aromatic heterocycles. The van der Waals surface area contributed by atoms with Crippen LogP contribution in [0, 0.1) is 17.7 Å². The van der Waals surface area contributed by atoms with Gasteiger partial charge in [-0.05, 0) is 42.1 Å². The summed E-state index contributed by atoms with van der Waals surface area (Å²) < 4.78 is 13.8. The van der Waals surface area contributed by atoms with E-state index in [4.69, 9.17) is 0 Å². The maximum Gasteiger partial charge on any atom is 0.257 e. The summed E-state index contributed by atoms with van der Waals surface area (Å²) in [6.07, 6.45) is 1.63. The van der Waals surface area contributed by atoms with Gasteiger partial charge in [0, 0.05) is 31.6 Å². The molecule has 0 unspecified atom stereocenters. The zero-order valence-corrected chi connectivity index (χ0v) is 16.3. The van der Waals surface area contributed by atoms with Gasteiger partial charge in [-0.1, -0.05) is 18.2 Å². The molecule has 0 bridgehead atoms. The Morgan fingerprint density at radius 2 is 2.14 bits per heavy atom. The number of nitrogens with zero attached hydrogens (tertiary/aromatic N) is 3. The summed E-state index contributed by atoms with van der Waals surface area (Å²) in [6, 6.07) is 11.0. The first-order valence-corrected chi connectivity index (χ1v) is 10.3. The van der Waals surface area contributed by atoms with Crippen LogP contribution in [0.3, 0.4) is 0 Å². The van der Waals surface area contributed by atoms with E-state index < -0.39 is 0 Å². The second kappa shape index (κ2) is 6.83. The Hall–Kier alpha value is -2.51. The molecule has 2 aliphatic rings. The third kappa shape index (κ3) is 2.86. The minimum absolute atomic E-state index is 0.0206. The number of aromatic amines is 1. The average molecular weight is 396 g/mol. The van der Waals surface area contributed by atoms with Gasteiger partial charge in [-0.25, -0.2) is 4.39 Å². The van der Waals surface area contributed by atoms with Gasteiger partial charge in [-0.3, -0.25) is 14.8 Å². The molecule has 1 aromatic carbocycles. The van der Waals surface area contributed by atoms with Crippen LogP contribution in [0.1, 0.15) is 22.0 Å². The highest BCUT2D eigenvalue weighted by molar-refractivity contribution is 7.13. The van der Waals surface area contributed by atoms with Crippen molar-refractivity contribution in [3.63, 3.8) is 0 Å². The SMILES string of the molecule is CN1C[C@H]2CN(C(=O)c3cn[nH]c3-c3cccs3)C[C@H]2[C@@H]1c1cccc(F)c1. The monoisotopic (exact) mass is 396 g/mol. The molecule has 144 valence electrons. The van der Waals surface area contributed by atoms with Crippen molar-refractivity contribution < 1.29 is 9.18 Å². The van der Waals surface area contributed by atoms with Gasteiger partial charge in [0.25, 0.3) is 5.91 Å². The summed E-state index contributed by atoms with van der Waals surface area (Å²) >= 11 is 1.59. The summed E-state index contributed by atoms with van der Waals surface area (Å²) in [5.74, 6) is 0.526. The van der Waals surface area contributed by atoms with Crippen molar-refractivity contribution in [1.29, 1.82) is 0 Å². The van der Waals surface area contributed by atoms with E-state index in [0.717, 1.165) is 29.2 Å². The Bertz CT molecular complexity index is 1000. The van der Waals surface area contributed by atoms with Crippen molar-refractivity contribution in [1.82, 2.24) is 20.0 Å². The maximum absolute atomic E-state index is 13.8. The lowest BCUT2D eigenvalue weighted by Crippen LogP contribution is -2.33. The number of H-pyrrole nitrogens is 1. The summed E-state index contributed by atoms with van der Waals surface area (Å²) in [7, 11) is 2.09. The Balaban J connectivity index is 1.39. The molecule has 5 rings (SSSR count). The number of fused-ring (bicyclic) bond motifs is 1. The molecule has 0 spiro atoms. The fourth-order valence-electron chi connectivity index (χ4n) is 4.84. The number of amides is 1. The molecule has 0 aliphatic carbocycles. The number of likely N-dealkylation sites (tertiary alicyclic amines) is 2. The van der Waals surface area contributed by atoms with Crippen molar-refractivity contribution >= 4 is 17.2 Å². The largest absolute Gasteiger partial charge is 0.338 e. The first-order chi connectivity index (χ1) is 13.6. The Labute approximate surface area is 166 Å². The number of benzene rings is 1. The van der Waals surface area contributed by atoms with E-state index >= 15 is 0 Å². The van der Waals surface area contributed by atoms with Gasteiger partial charge < -0.3 is 4.90 Å². The third-order valence-electron chi connectivity index (χ3n) is 6.01. The van der Waals surface area contributed by atoms with Gasteiger partial charge in [-0.2, -0.15) is 5.10 Å². The number of halogens is 1. The second-order valence-corrected chi connectivity index (χ2v) is 8.66. The van der Waals surface area contributed by atoms with Crippen molar-refractivity contribution in [2.24, 2.45) is 11.8 Å². The second-order valence-electron chi connectivity index (χ2n) is 7.71. The van der Waals surface area contributed by atoms with E-state index in [1.165, 1.54) is 6.07 Å². The smallest absolute Gasteiger partial charge is 0.257 e. The van der Waals surface area contributed by atoms with E-state index in [-0.39, 0.29) is 17.8 Å². The molecule has 1 N–H and O–H groups in total. The fraction of sp³-hybridized carbons (Fsp3) is 0.333. The van der Waals surface area contributed by atoms with Crippen molar-refractivity contribution in [3.05, 3.63) is 64.9 Å².